The van der Waals surface area contributed by atoms with Gasteiger partial charge in [-0.05, 0) is 11.6 Å². The molecular weight excluding hydrogens is 245 g/mol. The summed E-state index contributed by atoms with van der Waals surface area (Å²) in [5.41, 5.74) is 2.39. The van der Waals surface area contributed by atoms with Crippen molar-refractivity contribution in [3.8, 4) is 6.07 Å². The van der Waals surface area contributed by atoms with Crippen molar-refractivity contribution in [1.82, 2.24) is 4.98 Å². The van der Waals surface area contributed by atoms with E-state index >= 15 is 0 Å². The number of aromatic nitrogens is 1. The number of pyridine rings is 1. The van der Waals surface area contributed by atoms with Crippen molar-refractivity contribution in [2.45, 2.75) is 19.0 Å². The number of nitriles is 1. The van der Waals surface area contributed by atoms with Crippen LogP contribution in [0.15, 0.2) is 6.07 Å². The van der Waals surface area contributed by atoms with Crippen molar-refractivity contribution in [2.75, 3.05) is 5.73 Å². The molecule has 0 saturated heterocycles. The van der Waals surface area contributed by atoms with Crippen molar-refractivity contribution in [3.05, 3.63) is 22.9 Å². The summed E-state index contributed by atoms with van der Waals surface area (Å²) in [4.78, 5) is 2.87. The Morgan fingerprint density at radius 1 is 1.41 bits per heavy atom. The molecule has 0 unspecified atom stereocenters. The molecule has 1 rings (SSSR count). The number of rotatable bonds is 2. The minimum absolute atomic E-state index is 0.418. The van der Waals surface area contributed by atoms with Gasteiger partial charge in [-0.3, -0.25) is 0 Å². The molecular formula is C9H6F5N3. The predicted octanol–water partition coefficient (Wildman–Crippen LogP) is 2.69. The summed E-state index contributed by atoms with van der Waals surface area (Å²) < 4.78 is 62.1. The maximum Gasteiger partial charge on any atom is 0.433 e. The number of nitrogens with two attached hydrogens (primary N) is 1. The predicted molar refractivity (Wildman–Crippen MR) is 47.9 cm³/mol. The molecule has 0 aliphatic carbocycles. The third kappa shape index (κ3) is 2.81. The van der Waals surface area contributed by atoms with Crippen LogP contribution in [0.25, 0.3) is 0 Å². The van der Waals surface area contributed by atoms with E-state index in [4.69, 9.17) is 11.0 Å². The van der Waals surface area contributed by atoms with Crippen LogP contribution in [-0.2, 0) is 12.6 Å². The first kappa shape index (κ1) is 13.2. The number of nitrogen functional groups attached to an aromatic ring is 1. The molecule has 17 heavy (non-hydrogen) atoms. The summed E-state index contributed by atoms with van der Waals surface area (Å²) in [6.45, 7) is 0. The standard InChI is InChI=1S/C9H6F5N3/c10-7(11)6-4(1-2-15)3-5(9(12,13)14)17-8(6)16/h3,7H,1H2,(H2,16,17). The molecule has 8 heteroatoms. The highest BCUT2D eigenvalue weighted by molar-refractivity contribution is 5.48. The zero-order valence-electron chi connectivity index (χ0n) is 8.22. The van der Waals surface area contributed by atoms with Gasteiger partial charge in [-0.25, -0.2) is 13.8 Å². The molecule has 0 spiro atoms. The summed E-state index contributed by atoms with van der Waals surface area (Å²) in [6.07, 6.45) is -8.46. The van der Waals surface area contributed by atoms with Gasteiger partial charge in [-0.15, -0.1) is 0 Å². The van der Waals surface area contributed by atoms with Crippen LogP contribution in [0.4, 0.5) is 27.8 Å². The Morgan fingerprint density at radius 3 is 2.41 bits per heavy atom. The Labute approximate surface area is 92.7 Å². The van der Waals surface area contributed by atoms with Crippen molar-refractivity contribution in [1.29, 1.82) is 5.26 Å². The van der Waals surface area contributed by atoms with E-state index in [-0.39, 0.29) is 0 Å². The van der Waals surface area contributed by atoms with E-state index in [0.717, 1.165) is 0 Å². The maximum atomic E-state index is 12.5. The Balaban J connectivity index is 3.42. The first-order chi connectivity index (χ1) is 7.77. The highest BCUT2D eigenvalue weighted by Crippen LogP contribution is 2.34. The first-order valence-corrected chi connectivity index (χ1v) is 4.29. The van der Waals surface area contributed by atoms with Crippen LogP contribution >= 0.6 is 0 Å². The van der Waals surface area contributed by atoms with Crippen LogP contribution in [0.2, 0.25) is 0 Å². The van der Waals surface area contributed by atoms with Gasteiger partial charge in [0.1, 0.15) is 11.5 Å². The fourth-order valence-electron chi connectivity index (χ4n) is 1.26. The van der Waals surface area contributed by atoms with E-state index in [1.54, 1.807) is 0 Å². The second-order valence-corrected chi connectivity index (χ2v) is 3.10. The molecule has 3 nitrogen and oxygen atoms in total. The normalized spacial score (nSPS) is 11.6. The smallest absolute Gasteiger partial charge is 0.383 e. The topological polar surface area (TPSA) is 62.7 Å². The number of alkyl halides is 5. The van der Waals surface area contributed by atoms with Crippen LogP contribution in [-0.4, -0.2) is 4.98 Å². The van der Waals surface area contributed by atoms with E-state index < -0.39 is 41.7 Å². The lowest BCUT2D eigenvalue weighted by atomic mass is 10.1. The minimum Gasteiger partial charge on any atom is -0.383 e. The van der Waals surface area contributed by atoms with E-state index in [2.05, 4.69) is 4.98 Å². The Hall–Kier alpha value is -1.91. The van der Waals surface area contributed by atoms with Gasteiger partial charge in [-0.1, -0.05) is 0 Å². The molecule has 92 valence electrons. The van der Waals surface area contributed by atoms with Crippen molar-refractivity contribution < 1.29 is 22.0 Å². The van der Waals surface area contributed by atoms with E-state index in [1.807, 2.05) is 0 Å². The van der Waals surface area contributed by atoms with Crippen molar-refractivity contribution in [3.63, 3.8) is 0 Å². The molecule has 0 aromatic carbocycles. The Kier molecular flexibility index (Phi) is 3.50. The molecule has 0 saturated carbocycles. The van der Waals surface area contributed by atoms with Gasteiger partial charge in [0, 0.05) is 0 Å². The van der Waals surface area contributed by atoms with Gasteiger partial charge in [0.2, 0.25) is 0 Å². The van der Waals surface area contributed by atoms with E-state index in [9.17, 15) is 22.0 Å². The average molecular weight is 251 g/mol. The largest absolute Gasteiger partial charge is 0.433 e. The zero-order chi connectivity index (χ0) is 13.2. The second-order valence-electron chi connectivity index (χ2n) is 3.10. The fraction of sp³-hybridized carbons (Fsp3) is 0.333. The SMILES string of the molecule is N#CCc1cc(C(F)(F)F)nc(N)c1C(F)F. The molecule has 0 aliphatic heterocycles. The van der Waals surface area contributed by atoms with Gasteiger partial charge in [0.15, 0.2) is 0 Å². The summed E-state index contributed by atoms with van der Waals surface area (Å²) in [7, 11) is 0. The molecule has 0 bridgehead atoms. The Morgan fingerprint density at radius 2 is 2.00 bits per heavy atom. The molecule has 1 heterocycles. The molecule has 2 N–H and O–H groups in total. The lowest BCUT2D eigenvalue weighted by Gasteiger charge is -2.13. The molecule has 0 fully saturated rings. The quantitative estimate of drug-likeness (QED) is 0.822. The van der Waals surface area contributed by atoms with Crippen LogP contribution in [0.3, 0.4) is 0 Å². The van der Waals surface area contributed by atoms with Crippen LogP contribution in [0.1, 0.15) is 23.2 Å². The van der Waals surface area contributed by atoms with Crippen LogP contribution in [0.5, 0.6) is 0 Å². The molecule has 1 aromatic heterocycles. The average Bonchev–Trinajstić information content (AvgIpc) is 2.15. The summed E-state index contributed by atoms with van der Waals surface area (Å²) in [5, 5.41) is 8.37. The summed E-state index contributed by atoms with van der Waals surface area (Å²) in [6, 6.07) is 1.92. The lowest BCUT2D eigenvalue weighted by molar-refractivity contribution is -0.141. The molecule has 0 atom stereocenters. The summed E-state index contributed by atoms with van der Waals surface area (Å²) in [5.74, 6) is -0.903. The fourth-order valence-corrected chi connectivity index (χ4v) is 1.26. The van der Waals surface area contributed by atoms with E-state index in [1.165, 1.54) is 6.07 Å². The van der Waals surface area contributed by atoms with Crippen molar-refractivity contribution >= 4 is 5.82 Å². The minimum atomic E-state index is -4.79. The molecule has 0 amide bonds. The first-order valence-electron chi connectivity index (χ1n) is 4.29. The van der Waals surface area contributed by atoms with Gasteiger partial charge < -0.3 is 5.73 Å². The number of anilines is 1. The van der Waals surface area contributed by atoms with E-state index in [0.29, 0.717) is 6.07 Å². The lowest BCUT2D eigenvalue weighted by Crippen LogP contribution is -2.13. The van der Waals surface area contributed by atoms with Gasteiger partial charge in [-0.2, -0.15) is 18.4 Å². The molecule has 0 radical (unpaired) electrons. The third-order valence-corrected chi connectivity index (χ3v) is 1.95. The number of halogens is 5. The number of hydrogen-bond donors (Lipinski definition) is 1. The Bertz CT molecular complexity index is 461. The third-order valence-electron chi connectivity index (χ3n) is 1.95. The monoisotopic (exact) mass is 251 g/mol. The van der Waals surface area contributed by atoms with Gasteiger partial charge >= 0.3 is 6.18 Å². The second kappa shape index (κ2) is 4.53. The molecule has 1 aromatic rings. The highest BCUT2D eigenvalue weighted by Gasteiger charge is 2.34. The van der Waals surface area contributed by atoms with Crippen LogP contribution < -0.4 is 5.73 Å². The zero-order valence-corrected chi connectivity index (χ0v) is 8.22. The number of nitrogens with zero attached hydrogens (tertiary/aromatic N) is 2. The van der Waals surface area contributed by atoms with Crippen LogP contribution in [0, 0.1) is 11.3 Å². The van der Waals surface area contributed by atoms with Crippen molar-refractivity contribution in [2.24, 2.45) is 0 Å². The molecule has 0 aliphatic rings. The highest BCUT2D eigenvalue weighted by atomic mass is 19.4. The van der Waals surface area contributed by atoms with Gasteiger partial charge in [0.05, 0.1) is 18.1 Å². The maximum absolute atomic E-state index is 12.5. The summed E-state index contributed by atoms with van der Waals surface area (Å²) >= 11 is 0. The number of hydrogen-bond acceptors (Lipinski definition) is 3. The van der Waals surface area contributed by atoms with Gasteiger partial charge in [0.25, 0.3) is 6.43 Å².